The van der Waals surface area contributed by atoms with E-state index in [0.717, 1.165) is 11.3 Å². The molecule has 0 aliphatic rings. The van der Waals surface area contributed by atoms with Crippen LogP contribution in [-0.4, -0.2) is 25.1 Å². The number of rotatable bonds is 3. The SMILES string of the molecule is Clc1cnc(Nc2cc[nH]c2)nc1-c1cn[nH]c1. The van der Waals surface area contributed by atoms with Gasteiger partial charge in [-0.05, 0) is 6.07 Å². The molecule has 3 aromatic heterocycles. The zero-order chi connectivity index (χ0) is 12.4. The van der Waals surface area contributed by atoms with Gasteiger partial charge in [-0.3, -0.25) is 5.10 Å². The van der Waals surface area contributed by atoms with E-state index in [1.165, 1.54) is 0 Å². The maximum absolute atomic E-state index is 6.07. The minimum absolute atomic E-state index is 0.482. The van der Waals surface area contributed by atoms with E-state index >= 15 is 0 Å². The Labute approximate surface area is 107 Å². The molecule has 3 N–H and O–H groups in total. The minimum atomic E-state index is 0.482. The summed E-state index contributed by atoms with van der Waals surface area (Å²) >= 11 is 6.07. The Kier molecular flexibility index (Phi) is 2.70. The molecule has 3 aromatic rings. The van der Waals surface area contributed by atoms with Crippen LogP contribution in [0.1, 0.15) is 0 Å². The second-order valence-corrected chi connectivity index (χ2v) is 4.01. The van der Waals surface area contributed by atoms with E-state index in [1.54, 1.807) is 18.6 Å². The smallest absolute Gasteiger partial charge is 0.227 e. The Hall–Kier alpha value is -2.34. The molecule has 0 aliphatic carbocycles. The zero-order valence-corrected chi connectivity index (χ0v) is 9.94. The largest absolute Gasteiger partial charge is 0.366 e. The highest BCUT2D eigenvalue weighted by Gasteiger charge is 2.09. The van der Waals surface area contributed by atoms with E-state index in [4.69, 9.17) is 11.6 Å². The van der Waals surface area contributed by atoms with Crippen LogP contribution in [-0.2, 0) is 0 Å². The van der Waals surface area contributed by atoms with Gasteiger partial charge in [0.25, 0.3) is 0 Å². The van der Waals surface area contributed by atoms with Gasteiger partial charge in [0.05, 0.1) is 28.8 Å². The van der Waals surface area contributed by atoms with E-state index in [2.05, 4.69) is 30.5 Å². The molecule has 0 spiro atoms. The summed E-state index contributed by atoms with van der Waals surface area (Å²) < 4.78 is 0. The van der Waals surface area contributed by atoms with Crippen molar-refractivity contribution < 1.29 is 0 Å². The maximum atomic E-state index is 6.07. The van der Waals surface area contributed by atoms with E-state index in [9.17, 15) is 0 Å². The normalized spacial score (nSPS) is 10.5. The van der Waals surface area contributed by atoms with Crippen LogP contribution in [0.15, 0.2) is 37.1 Å². The zero-order valence-electron chi connectivity index (χ0n) is 9.18. The molecule has 6 nitrogen and oxygen atoms in total. The van der Waals surface area contributed by atoms with Crippen molar-refractivity contribution >= 4 is 23.2 Å². The van der Waals surface area contributed by atoms with Gasteiger partial charge in [0.15, 0.2) is 0 Å². The summed E-state index contributed by atoms with van der Waals surface area (Å²) in [5.41, 5.74) is 2.34. The van der Waals surface area contributed by atoms with Crippen molar-refractivity contribution in [2.24, 2.45) is 0 Å². The second-order valence-electron chi connectivity index (χ2n) is 3.60. The molecule has 0 bridgehead atoms. The molecule has 0 unspecified atom stereocenters. The van der Waals surface area contributed by atoms with Crippen LogP contribution in [0.25, 0.3) is 11.3 Å². The van der Waals surface area contributed by atoms with Gasteiger partial charge in [-0.25, -0.2) is 9.97 Å². The summed E-state index contributed by atoms with van der Waals surface area (Å²) in [6.45, 7) is 0. The Bertz CT molecular complexity index is 632. The maximum Gasteiger partial charge on any atom is 0.227 e. The highest BCUT2D eigenvalue weighted by molar-refractivity contribution is 6.32. The Morgan fingerprint density at radius 2 is 2.17 bits per heavy atom. The van der Waals surface area contributed by atoms with Crippen molar-refractivity contribution in [2.45, 2.75) is 0 Å². The van der Waals surface area contributed by atoms with Crippen molar-refractivity contribution in [3.63, 3.8) is 0 Å². The van der Waals surface area contributed by atoms with Crippen LogP contribution in [0.2, 0.25) is 5.02 Å². The Morgan fingerprint density at radius 1 is 1.22 bits per heavy atom. The third-order valence-electron chi connectivity index (χ3n) is 2.37. The van der Waals surface area contributed by atoms with Gasteiger partial charge in [0.1, 0.15) is 0 Å². The average molecular weight is 261 g/mol. The molecule has 3 heterocycles. The number of aromatic amines is 2. The number of anilines is 2. The van der Waals surface area contributed by atoms with Gasteiger partial charge < -0.3 is 10.3 Å². The monoisotopic (exact) mass is 260 g/mol. The van der Waals surface area contributed by atoms with Gasteiger partial charge in [-0.2, -0.15) is 5.10 Å². The number of hydrogen-bond donors (Lipinski definition) is 3. The van der Waals surface area contributed by atoms with Gasteiger partial charge in [-0.15, -0.1) is 0 Å². The second kappa shape index (κ2) is 4.50. The van der Waals surface area contributed by atoms with Gasteiger partial charge in [-0.1, -0.05) is 11.6 Å². The molecule has 0 saturated carbocycles. The first-order chi connectivity index (χ1) is 8.83. The number of nitrogens with zero attached hydrogens (tertiary/aromatic N) is 3. The number of nitrogens with one attached hydrogen (secondary N) is 3. The first kappa shape index (κ1) is 10.8. The topological polar surface area (TPSA) is 82.3 Å². The Morgan fingerprint density at radius 3 is 2.89 bits per heavy atom. The summed E-state index contributed by atoms with van der Waals surface area (Å²) in [4.78, 5) is 11.4. The molecule has 0 amide bonds. The number of halogens is 1. The lowest BCUT2D eigenvalue weighted by atomic mass is 10.2. The van der Waals surface area contributed by atoms with Gasteiger partial charge in [0.2, 0.25) is 5.95 Å². The van der Waals surface area contributed by atoms with E-state index < -0.39 is 0 Å². The number of H-pyrrole nitrogens is 2. The predicted octanol–water partition coefficient (Wildman–Crippen LogP) is 2.59. The summed E-state index contributed by atoms with van der Waals surface area (Å²) in [5.74, 6) is 0.482. The van der Waals surface area contributed by atoms with Crippen molar-refractivity contribution in [2.75, 3.05) is 5.32 Å². The van der Waals surface area contributed by atoms with Gasteiger partial charge in [0, 0.05) is 24.2 Å². The standard InChI is InChI=1S/C11H9ClN6/c12-9-6-14-11(17-8-1-2-13-5-8)18-10(9)7-3-15-16-4-7/h1-6,13H,(H,15,16)(H,14,17,18). The van der Waals surface area contributed by atoms with Crippen molar-refractivity contribution in [3.8, 4) is 11.3 Å². The van der Waals surface area contributed by atoms with Crippen LogP contribution in [0.5, 0.6) is 0 Å². The number of hydrogen-bond acceptors (Lipinski definition) is 4. The third kappa shape index (κ3) is 2.05. The third-order valence-corrected chi connectivity index (χ3v) is 2.65. The molecule has 0 aliphatic heterocycles. The molecule has 0 fully saturated rings. The molecule has 0 aromatic carbocycles. The fourth-order valence-corrected chi connectivity index (χ4v) is 1.74. The van der Waals surface area contributed by atoms with Gasteiger partial charge >= 0.3 is 0 Å². The van der Waals surface area contributed by atoms with E-state index in [1.807, 2.05) is 18.5 Å². The molecule has 7 heteroatoms. The lowest BCUT2D eigenvalue weighted by Crippen LogP contribution is -1.97. The molecule has 0 radical (unpaired) electrons. The van der Waals surface area contributed by atoms with Crippen LogP contribution in [0, 0.1) is 0 Å². The molecule has 0 saturated heterocycles. The minimum Gasteiger partial charge on any atom is -0.366 e. The fraction of sp³-hybridized carbons (Fsp3) is 0. The molecule has 3 rings (SSSR count). The van der Waals surface area contributed by atoms with Crippen molar-refractivity contribution in [3.05, 3.63) is 42.1 Å². The summed E-state index contributed by atoms with van der Waals surface area (Å²) in [7, 11) is 0. The first-order valence-corrected chi connectivity index (χ1v) is 5.62. The molecular weight excluding hydrogens is 252 g/mol. The molecular formula is C11H9ClN6. The summed E-state index contributed by atoms with van der Waals surface area (Å²) in [5, 5.41) is 10.2. The molecule has 90 valence electrons. The highest BCUT2D eigenvalue weighted by Crippen LogP contribution is 2.25. The lowest BCUT2D eigenvalue weighted by molar-refractivity contribution is 1.09. The summed E-state index contributed by atoms with van der Waals surface area (Å²) in [6, 6.07) is 1.88. The highest BCUT2D eigenvalue weighted by atomic mass is 35.5. The van der Waals surface area contributed by atoms with Crippen LogP contribution in [0.3, 0.4) is 0 Å². The fourth-order valence-electron chi connectivity index (χ4n) is 1.54. The van der Waals surface area contributed by atoms with E-state index in [-0.39, 0.29) is 0 Å². The van der Waals surface area contributed by atoms with E-state index in [0.29, 0.717) is 16.7 Å². The van der Waals surface area contributed by atoms with Crippen LogP contribution >= 0.6 is 11.6 Å². The Balaban J connectivity index is 1.96. The number of aromatic nitrogens is 5. The van der Waals surface area contributed by atoms with Crippen LogP contribution < -0.4 is 5.32 Å². The van der Waals surface area contributed by atoms with Crippen LogP contribution in [0.4, 0.5) is 11.6 Å². The molecule has 18 heavy (non-hydrogen) atoms. The lowest BCUT2D eigenvalue weighted by Gasteiger charge is -2.05. The average Bonchev–Trinajstić information content (AvgIpc) is 3.04. The van der Waals surface area contributed by atoms with Crippen molar-refractivity contribution in [1.29, 1.82) is 0 Å². The summed E-state index contributed by atoms with van der Waals surface area (Å²) in [6.07, 6.45) is 8.58. The van der Waals surface area contributed by atoms with Crippen molar-refractivity contribution in [1.82, 2.24) is 25.1 Å². The predicted molar refractivity (Wildman–Crippen MR) is 68.7 cm³/mol. The quantitative estimate of drug-likeness (QED) is 0.676. The molecule has 0 atom stereocenters. The first-order valence-electron chi connectivity index (χ1n) is 5.24.